The van der Waals surface area contributed by atoms with Gasteiger partial charge in [0.15, 0.2) is 0 Å². The first-order valence-corrected chi connectivity index (χ1v) is 12.1. The molecule has 0 radical (unpaired) electrons. The maximum Gasteiger partial charge on any atom is 0.0760 e. The molecule has 1 unspecified atom stereocenters. The number of rotatable bonds is 8. The summed E-state index contributed by atoms with van der Waals surface area (Å²) in [6, 6.07) is 32.3. The average molecular weight is 391 g/mol. The van der Waals surface area contributed by atoms with Gasteiger partial charge >= 0.3 is 0 Å². The Morgan fingerprint density at radius 1 is 0.714 bits per heavy atom. The van der Waals surface area contributed by atoms with E-state index in [9.17, 15) is 5.11 Å². The third-order valence-corrected chi connectivity index (χ3v) is 10.1. The normalized spacial score (nSPS) is 12.5. The molecular weight excluding hydrogens is 359 g/mol. The lowest BCUT2D eigenvalue weighted by atomic mass is 10.1. The van der Waals surface area contributed by atoms with Crippen LogP contribution in [0.15, 0.2) is 91.0 Å². The number of unbranched alkanes of at least 4 members (excludes halogenated alkanes) is 2. The molecule has 1 N–H and O–H groups in total. The lowest BCUT2D eigenvalue weighted by molar-refractivity contribution is 0.228. The SMILES string of the molecule is CCCCCC(O)C(C)=P(c1ccccc1)(c1ccccc1)c1ccccc1. The fourth-order valence-corrected chi connectivity index (χ4v) is 8.58. The molecule has 0 aliphatic carbocycles. The maximum atomic E-state index is 11.3. The van der Waals surface area contributed by atoms with E-state index in [1.807, 2.05) is 0 Å². The third kappa shape index (κ3) is 4.17. The van der Waals surface area contributed by atoms with Crippen LogP contribution in [0.2, 0.25) is 0 Å². The van der Waals surface area contributed by atoms with Gasteiger partial charge in [-0.3, -0.25) is 0 Å². The standard InChI is InChI=1S/C26H31OP/c1-3-4-8-21-26(27)22(2)28(23-15-9-5-10-16-23,24-17-11-6-12-18-24)25-19-13-7-14-20-25/h5-7,9-20,26-27H,3-4,8,21H2,1-2H3. The van der Waals surface area contributed by atoms with E-state index < -0.39 is 13.0 Å². The van der Waals surface area contributed by atoms with Gasteiger partial charge < -0.3 is 5.11 Å². The molecule has 1 atom stereocenters. The smallest absolute Gasteiger partial charge is 0.0760 e. The van der Waals surface area contributed by atoms with Crippen molar-refractivity contribution >= 4 is 28.1 Å². The molecule has 0 aliphatic heterocycles. The molecule has 0 bridgehead atoms. The molecule has 0 fully saturated rings. The fourth-order valence-electron chi connectivity index (χ4n) is 4.03. The van der Waals surface area contributed by atoms with Crippen LogP contribution in [0.25, 0.3) is 0 Å². The summed E-state index contributed by atoms with van der Waals surface area (Å²) in [5.41, 5.74) is 0. The van der Waals surface area contributed by atoms with E-state index in [2.05, 4.69) is 105 Å². The van der Waals surface area contributed by atoms with Crippen LogP contribution >= 0.6 is 6.89 Å². The van der Waals surface area contributed by atoms with E-state index in [4.69, 9.17) is 0 Å². The van der Waals surface area contributed by atoms with Gasteiger partial charge in [-0.1, -0.05) is 117 Å². The van der Waals surface area contributed by atoms with Gasteiger partial charge in [-0.15, -0.1) is 0 Å². The summed E-state index contributed by atoms with van der Waals surface area (Å²) in [5, 5.41) is 16.4. The highest BCUT2D eigenvalue weighted by atomic mass is 31.2. The summed E-state index contributed by atoms with van der Waals surface area (Å²) in [4.78, 5) is 0. The van der Waals surface area contributed by atoms with Gasteiger partial charge in [-0.2, -0.15) is 0 Å². The van der Waals surface area contributed by atoms with E-state index in [-0.39, 0.29) is 0 Å². The summed E-state index contributed by atoms with van der Waals surface area (Å²) >= 11 is 0. The molecule has 3 aromatic rings. The van der Waals surface area contributed by atoms with E-state index in [0.717, 1.165) is 19.3 Å². The second-order valence-corrected chi connectivity index (χ2v) is 10.9. The Balaban J connectivity index is 2.33. The van der Waals surface area contributed by atoms with Crippen LogP contribution in [0.3, 0.4) is 0 Å². The molecule has 3 aromatic carbocycles. The van der Waals surface area contributed by atoms with Crippen LogP contribution in [0, 0.1) is 0 Å². The van der Waals surface area contributed by atoms with Crippen molar-refractivity contribution in [2.24, 2.45) is 0 Å². The first-order chi connectivity index (χ1) is 13.7. The molecule has 0 aliphatic rings. The summed E-state index contributed by atoms with van der Waals surface area (Å²) in [6.07, 6.45) is 3.82. The van der Waals surface area contributed by atoms with Crippen molar-refractivity contribution in [2.45, 2.75) is 45.6 Å². The largest absolute Gasteiger partial charge is 0.389 e. The van der Waals surface area contributed by atoms with Gasteiger partial charge in [0, 0.05) is 0 Å². The monoisotopic (exact) mass is 390 g/mol. The van der Waals surface area contributed by atoms with Crippen molar-refractivity contribution in [3.05, 3.63) is 91.0 Å². The minimum Gasteiger partial charge on any atom is -0.389 e. The topological polar surface area (TPSA) is 20.2 Å². The first kappa shape index (κ1) is 20.6. The van der Waals surface area contributed by atoms with Crippen molar-refractivity contribution in [1.29, 1.82) is 0 Å². The molecule has 0 saturated carbocycles. The van der Waals surface area contributed by atoms with E-state index in [1.54, 1.807) is 0 Å². The molecule has 28 heavy (non-hydrogen) atoms. The summed E-state index contributed by atoms with van der Waals surface area (Å²) in [5.74, 6) is 0. The maximum absolute atomic E-state index is 11.3. The number of hydrogen-bond donors (Lipinski definition) is 1. The zero-order valence-electron chi connectivity index (χ0n) is 17.0. The Hall–Kier alpha value is -2.08. The molecule has 0 aromatic heterocycles. The van der Waals surface area contributed by atoms with Crippen LogP contribution in [0.5, 0.6) is 0 Å². The van der Waals surface area contributed by atoms with Gasteiger partial charge in [0.1, 0.15) is 0 Å². The average Bonchev–Trinajstić information content (AvgIpc) is 2.76. The van der Waals surface area contributed by atoms with Gasteiger partial charge in [-0.25, -0.2) is 0 Å². The van der Waals surface area contributed by atoms with E-state index >= 15 is 0 Å². The molecule has 0 spiro atoms. The number of benzene rings is 3. The lowest BCUT2D eigenvalue weighted by Gasteiger charge is -2.33. The third-order valence-electron chi connectivity index (χ3n) is 5.52. The van der Waals surface area contributed by atoms with Crippen LogP contribution < -0.4 is 15.9 Å². The number of aliphatic hydroxyl groups is 1. The summed E-state index contributed by atoms with van der Waals surface area (Å²) < 4.78 is 0. The fraction of sp³-hybridized carbons (Fsp3) is 0.269. The molecule has 0 amide bonds. The Labute approximate surface area is 170 Å². The van der Waals surface area contributed by atoms with Crippen molar-refractivity contribution < 1.29 is 5.11 Å². The minimum atomic E-state index is -2.08. The van der Waals surface area contributed by atoms with E-state index in [0.29, 0.717) is 0 Å². The van der Waals surface area contributed by atoms with Crippen molar-refractivity contribution in [3.63, 3.8) is 0 Å². The highest BCUT2D eigenvalue weighted by Gasteiger charge is 2.30. The predicted octanol–water partition coefficient (Wildman–Crippen LogP) is 5.11. The summed E-state index contributed by atoms with van der Waals surface area (Å²) in [6.45, 7) is 2.30. The number of hydrogen-bond acceptors (Lipinski definition) is 1. The second-order valence-electron chi connectivity index (χ2n) is 7.33. The van der Waals surface area contributed by atoms with Crippen molar-refractivity contribution in [2.75, 3.05) is 0 Å². The first-order valence-electron chi connectivity index (χ1n) is 10.3. The van der Waals surface area contributed by atoms with Gasteiger partial charge in [0.05, 0.1) is 6.10 Å². The molecule has 2 heteroatoms. The Morgan fingerprint density at radius 3 is 1.46 bits per heavy atom. The molecule has 1 nitrogen and oxygen atoms in total. The highest BCUT2D eigenvalue weighted by Crippen LogP contribution is 2.47. The molecule has 0 heterocycles. The Morgan fingerprint density at radius 2 is 1.11 bits per heavy atom. The van der Waals surface area contributed by atoms with Crippen LogP contribution in [0.1, 0.15) is 39.5 Å². The van der Waals surface area contributed by atoms with Gasteiger partial charge in [0.25, 0.3) is 0 Å². The van der Waals surface area contributed by atoms with Gasteiger partial charge in [-0.05, 0) is 41.4 Å². The molecule has 3 rings (SSSR count). The zero-order chi connectivity index (χ0) is 19.8. The Kier molecular flexibility index (Phi) is 7.31. The van der Waals surface area contributed by atoms with Crippen molar-refractivity contribution in [1.82, 2.24) is 0 Å². The Bertz CT molecular complexity index is 798. The van der Waals surface area contributed by atoms with Crippen molar-refractivity contribution in [3.8, 4) is 0 Å². The second kappa shape index (κ2) is 9.92. The quantitative estimate of drug-likeness (QED) is 0.418. The molecule has 146 valence electrons. The zero-order valence-corrected chi connectivity index (χ0v) is 17.9. The molecule has 0 saturated heterocycles. The van der Waals surface area contributed by atoms with Crippen LogP contribution in [-0.4, -0.2) is 16.5 Å². The van der Waals surface area contributed by atoms with Gasteiger partial charge in [0.2, 0.25) is 0 Å². The van der Waals surface area contributed by atoms with Crippen LogP contribution in [0.4, 0.5) is 0 Å². The summed E-state index contributed by atoms with van der Waals surface area (Å²) in [7, 11) is 0. The predicted molar refractivity (Wildman–Crippen MR) is 126 cm³/mol. The minimum absolute atomic E-state index is 0.402. The van der Waals surface area contributed by atoms with Crippen LogP contribution in [-0.2, 0) is 0 Å². The number of aliphatic hydroxyl groups excluding tert-OH is 1. The molecular formula is C26H31OP. The van der Waals surface area contributed by atoms with E-state index in [1.165, 1.54) is 27.6 Å². The highest BCUT2D eigenvalue weighted by molar-refractivity contribution is 7.95. The lowest BCUT2D eigenvalue weighted by Crippen LogP contribution is -2.34.